The number of nitrogens with two attached hydrogens (primary N) is 1. The molecule has 1 aromatic rings. The van der Waals surface area contributed by atoms with Crippen molar-refractivity contribution in [3.05, 3.63) is 24.0 Å². The van der Waals surface area contributed by atoms with Crippen molar-refractivity contribution >= 4 is 11.6 Å². The Morgan fingerprint density at radius 3 is 3.00 bits per heavy atom. The van der Waals surface area contributed by atoms with Crippen LogP contribution in [0.5, 0.6) is 0 Å². The molecule has 0 bridgehead atoms. The van der Waals surface area contributed by atoms with Crippen LogP contribution >= 0.6 is 0 Å². The van der Waals surface area contributed by atoms with E-state index in [1.165, 1.54) is 0 Å². The smallest absolute Gasteiger partial charge is 0.193 e. The molecule has 0 spiro atoms. The molecule has 0 amide bonds. The van der Waals surface area contributed by atoms with Crippen molar-refractivity contribution < 1.29 is 0 Å². The van der Waals surface area contributed by atoms with Crippen LogP contribution < -0.4 is 11.1 Å². The van der Waals surface area contributed by atoms with Crippen molar-refractivity contribution in [2.24, 2.45) is 10.7 Å². The van der Waals surface area contributed by atoms with Crippen LogP contribution in [0.4, 0.5) is 5.69 Å². The molecule has 0 fully saturated rings. The highest BCUT2D eigenvalue weighted by atomic mass is 15.1. The molecule has 0 saturated carbocycles. The minimum Gasteiger partial charge on any atom is -0.370 e. The summed E-state index contributed by atoms with van der Waals surface area (Å²) in [5, 5.41) is 2.95. The largest absolute Gasteiger partial charge is 0.370 e. The summed E-state index contributed by atoms with van der Waals surface area (Å²) in [5.74, 6) is 0.426. The predicted molar refractivity (Wildman–Crippen MR) is 54.8 cm³/mol. The lowest BCUT2D eigenvalue weighted by Crippen LogP contribution is -2.22. The molecule has 0 unspecified atom stereocenters. The topological polar surface area (TPSA) is 63.3 Å². The van der Waals surface area contributed by atoms with E-state index in [1.54, 1.807) is 12.4 Å². The summed E-state index contributed by atoms with van der Waals surface area (Å²) in [6.45, 7) is 4.59. The SMILES string of the molecule is CCN=C(N)Nc1cncc(C)c1. The molecular weight excluding hydrogens is 164 g/mol. The molecule has 0 aliphatic rings. The van der Waals surface area contributed by atoms with E-state index in [1.807, 2.05) is 19.9 Å². The van der Waals surface area contributed by atoms with Crippen LogP contribution in [0.3, 0.4) is 0 Å². The fraction of sp³-hybridized carbons (Fsp3) is 0.333. The maximum absolute atomic E-state index is 5.58. The van der Waals surface area contributed by atoms with Gasteiger partial charge in [0.25, 0.3) is 0 Å². The Hall–Kier alpha value is -1.58. The average molecular weight is 178 g/mol. The number of aliphatic imine (C=N–C) groups is 1. The number of guanidine groups is 1. The van der Waals surface area contributed by atoms with E-state index in [2.05, 4.69) is 15.3 Å². The van der Waals surface area contributed by atoms with Crippen molar-refractivity contribution in [3.8, 4) is 0 Å². The van der Waals surface area contributed by atoms with Gasteiger partial charge in [0, 0.05) is 12.7 Å². The molecule has 70 valence electrons. The van der Waals surface area contributed by atoms with Gasteiger partial charge in [-0.3, -0.25) is 9.98 Å². The van der Waals surface area contributed by atoms with Gasteiger partial charge in [-0.15, -0.1) is 0 Å². The number of hydrogen-bond donors (Lipinski definition) is 2. The van der Waals surface area contributed by atoms with Crippen molar-refractivity contribution in [2.45, 2.75) is 13.8 Å². The Kier molecular flexibility index (Phi) is 3.25. The maximum atomic E-state index is 5.58. The minimum absolute atomic E-state index is 0.426. The lowest BCUT2D eigenvalue weighted by Gasteiger charge is -2.04. The number of hydrogen-bond acceptors (Lipinski definition) is 2. The zero-order valence-electron chi connectivity index (χ0n) is 7.91. The average Bonchev–Trinajstić information content (AvgIpc) is 2.04. The number of aromatic nitrogens is 1. The van der Waals surface area contributed by atoms with Crippen LogP contribution in [0.2, 0.25) is 0 Å². The summed E-state index contributed by atoms with van der Waals surface area (Å²) in [7, 11) is 0. The number of pyridine rings is 1. The second kappa shape index (κ2) is 4.45. The second-order valence-electron chi connectivity index (χ2n) is 2.74. The van der Waals surface area contributed by atoms with Crippen molar-refractivity contribution in [1.82, 2.24) is 4.98 Å². The summed E-state index contributed by atoms with van der Waals surface area (Å²) in [6.07, 6.45) is 3.50. The third-order valence-corrected chi connectivity index (χ3v) is 1.48. The van der Waals surface area contributed by atoms with E-state index in [0.717, 1.165) is 11.3 Å². The lowest BCUT2D eigenvalue weighted by molar-refractivity contribution is 1.12. The molecule has 3 N–H and O–H groups in total. The quantitative estimate of drug-likeness (QED) is 0.527. The number of aryl methyl sites for hydroxylation is 1. The third kappa shape index (κ3) is 3.11. The molecule has 0 aromatic carbocycles. The minimum atomic E-state index is 0.426. The van der Waals surface area contributed by atoms with Crippen molar-refractivity contribution in [2.75, 3.05) is 11.9 Å². The highest BCUT2D eigenvalue weighted by Gasteiger charge is 1.94. The Morgan fingerprint density at radius 1 is 1.62 bits per heavy atom. The molecule has 0 atom stereocenters. The first kappa shape index (κ1) is 9.51. The summed E-state index contributed by atoms with van der Waals surface area (Å²) < 4.78 is 0. The Morgan fingerprint density at radius 2 is 2.38 bits per heavy atom. The van der Waals surface area contributed by atoms with Crippen LogP contribution in [-0.4, -0.2) is 17.5 Å². The van der Waals surface area contributed by atoms with E-state index in [4.69, 9.17) is 5.73 Å². The monoisotopic (exact) mass is 178 g/mol. The van der Waals surface area contributed by atoms with Crippen LogP contribution in [-0.2, 0) is 0 Å². The summed E-state index contributed by atoms with van der Waals surface area (Å²) in [5.41, 5.74) is 7.54. The van der Waals surface area contributed by atoms with Gasteiger partial charge in [-0.05, 0) is 25.5 Å². The molecule has 4 heteroatoms. The molecule has 1 aromatic heterocycles. The number of nitrogens with zero attached hydrogens (tertiary/aromatic N) is 2. The molecule has 1 heterocycles. The van der Waals surface area contributed by atoms with Gasteiger partial charge in [-0.2, -0.15) is 0 Å². The van der Waals surface area contributed by atoms with Crippen LogP contribution in [0, 0.1) is 6.92 Å². The first-order valence-electron chi connectivity index (χ1n) is 4.21. The highest BCUT2D eigenvalue weighted by molar-refractivity contribution is 5.92. The Labute approximate surface area is 77.9 Å². The van der Waals surface area contributed by atoms with E-state index in [9.17, 15) is 0 Å². The van der Waals surface area contributed by atoms with Crippen molar-refractivity contribution in [3.63, 3.8) is 0 Å². The Balaban J connectivity index is 2.69. The highest BCUT2D eigenvalue weighted by Crippen LogP contribution is 2.05. The van der Waals surface area contributed by atoms with E-state index >= 15 is 0 Å². The molecule has 0 saturated heterocycles. The van der Waals surface area contributed by atoms with Crippen LogP contribution in [0.25, 0.3) is 0 Å². The molecular formula is C9H14N4. The van der Waals surface area contributed by atoms with Gasteiger partial charge < -0.3 is 11.1 Å². The summed E-state index contributed by atoms with van der Waals surface area (Å²) in [4.78, 5) is 8.03. The number of anilines is 1. The van der Waals surface area contributed by atoms with Gasteiger partial charge in [0.1, 0.15) is 0 Å². The standard InChI is InChI=1S/C9H14N4/c1-3-12-9(10)13-8-4-7(2)5-11-6-8/h4-6H,3H2,1-2H3,(H3,10,12,13). The van der Waals surface area contributed by atoms with Gasteiger partial charge in [-0.1, -0.05) is 0 Å². The maximum Gasteiger partial charge on any atom is 0.193 e. The molecule has 4 nitrogen and oxygen atoms in total. The first-order chi connectivity index (χ1) is 6.22. The second-order valence-corrected chi connectivity index (χ2v) is 2.74. The van der Waals surface area contributed by atoms with Crippen molar-refractivity contribution in [1.29, 1.82) is 0 Å². The zero-order chi connectivity index (χ0) is 9.68. The number of rotatable bonds is 2. The first-order valence-corrected chi connectivity index (χ1v) is 4.21. The van der Waals surface area contributed by atoms with Gasteiger partial charge >= 0.3 is 0 Å². The van der Waals surface area contributed by atoms with Gasteiger partial charge in [0.05, 0.1) is 11.9 Å². The van der Waals surface area contributed by atoms with Gasteiger partial charge in [0.15, 0.2) is 5.96 Å². The normalized spacial score (nSPS) is 11.4. The fourth-order valence-corrected chi connectivity index (χ4v) is 0.981. The van der Waals surface area contributed by atoms with E-state index < -0.39 is 0 Å². The molecule has 1 rings (SSSR count). The lowest BCUT2D eigenvalue weighted by atomic mass is 10.3. The van der Waals surface area contributed by atoms with Crippen LogP contribution in [0.1, 0.15) is 12.5 Å². The molecule has 0 aliphatic carbocycles. The molecule has 13 heavy (non-hydrogen) atoms. The van der Waals surface area contributed by atoms with Gasteiger partial charge in [0.2, 0.25) is 0 Å². The molecule has 0 aliphatic heterocycles. The molecule has 0 radical (unpaired) electrons. The van der Waals surface area contributed by atoms with Gasteiger partial charge in [-0.25, -0.2) is 0 Å². The van der Waals surface area contributed by atoms with E-state index in [-0.39, 0.29) is 0 Å². The fourth-order valence-electron chi connectivity index (χ4n) is 0.981. The summed E-state index contributed by atoms with van der Waals surface area (Å²) >= 11 is 0. The van der Waals surface area contributed by atoms with Crippen LogP contribution in [0.15, 0.2) is 23.5 Å². The van der Waals surface area contributed by atoms with E-state index in [0.29, 0.717) is 12.5 Å². The number of nitrogens with one attached hydrogen (secondary N) is 1. The third-order valence-electron chi connectivity index (χ3n) is 1.48. The zero-order valence-corrected chi connectivity index (χ0v) is 7.91. The Bertz CT molecular complexity index is 306. The summed E-state index contributed by atoms with van der Waals surface area (Å²) in [6, 6.07) is 1.96. The predicted octanol–water partition coefficient (Wildman–Crippen LogP) is 1.14.